The molecule has 106 valence electrons. The number of hydrogen-bond donors (Lipinski definition) is 0. The summed E-state index contributed by atoms with van der Waals surface area (Å²) in [5.41, 5.74) is 5.43. The standard InChI is InChI=1S/C18H19N3/c1-11(2)17-14-9-12(3)13(4)10-16(14)20-18(21-17)15-7-5-6-8-19-15/h5-11H,1-4H3. The Morgan fingerprint density at radius 3 is 2.38 bits per heavy atom. The zero-order valence-electron chi connectivity index (χ0n) is 12.9. The molecule has 3 nitrogen and oxygen atoms in total. The number of fused-ring (bicyclic) bond motifs is 1. The minimum atomic E-state index is 0.347. The van der Waals surface area contributed by atoms with Gasteiger partial charge in [-0.05, 0) is 55.2 Å². The van der Waals surface area contributed by atoms with E-state index in [2.05, 4.69) is 44.8 Å². The Kier molecular flexibility index (Phi) is 3.42. The third kappa shape index (κ3) is 2.51. The minimum Gasteiger partial charge on any atom is -0.253 e. The molecular weight excluding hydrogens is 258 g/mol. The average molecular weight is 277 g/mol. The summed E-state index contributed by atoms with van der Waals surface area (Å²) in [5, 5.41) is 1.15. The van der Waals surface area contributed by atoms with Gasteiger partial charge in [0, 0.05) is 11.6 Å². The maximum atomic E-state index is 4.77. The van der Waals surface area contributed by atoms with Gasteiger partial charge >= 0.3 is 0 Å². The maximum absolute atomic E-state index is 4.77. The van der Waals surface area contributed by atoms with E-state index < -0.39 is 0 Å². The van der Waals surface area contributed by atoms with Crippen molar-refractivity contribution in [2.24, 2.45) is 0 Å². The first kappa shape index (κ1) is 13.7. The van der Waals surface area contributed by atoms with Crippen molar-refractivity contribution >= 4 is 10.9 Å². The molecule has 0 N–H and O–H groups in total. The van der Waals surface area contributed by atoms with Gasteiger partial charge in [0.25, 0.3) is 0 Å². The molecule has 0 spiro atoms. The molecule has 0 saturated heterocycles. The van der Waals surface area contributed by atoms with Crippen LogP contribution >= 0.6 is 0 Å². The van der Waals surface area contributed by atoms with Crippen molar-refractivity contribution < 1.29 is 0 Å². The van der Waals surface area contributed by atoms with Crippen molar-refractivity contribution in [1.82, 2.24) is 15.0 Å². The van der Waals surface area contributed by atoms with Gasteiger partial charge in [0.1, 0.15) is 5.69 Å². The molecule has 21 heavy (non-hydrogen) atoms. The van der Waals surface area contributed by atoms with Crippen LogP contribution in [0.4, 0.5) is 0 Å². The molecule has 2 aromatic heterocycles. The summed E-state index contributed by atoms with van der Waals surface area (Å²) >= 11 is 0. The summed E-state index contributed by atoms with van der Waals surface area (Å²) < 4.78 is 0. The molecule has 0 amide bonds. The van der Waals surface area contributed by atoms with Crippen molar-refractivity contribution in [1.29, 1.82) is 0 Å². The molecule has 3 rings (SSSR count). The van der Waals surface area contributed by atoms with E-state index in [1.165, 1.54) is 11.1 Å². The molecular formula is C18H19N3. The van der Waals surface area contributed by atoms with E-state index in [1.54, 1.807) is 6.20 Å². The maximum Gasteiger partial charge on any atom is 0.178 e. The van der Waals surface area contributed by atoms with Gasteiger partial charge in [0.05, 0.1) is 11.2 Å². The fraction of sp³-hybridized carbons (Fsp3) is 0.278. The molecule has 3 aromatic rings. The Hall–Kier alpha value is -2.29. The number of aromatic nitrogens is 3. The number of rotatable bonds is 2. The molecule has 0 radical (unpaired) electrons. The van der Waals surface area contributed by atoms with Gasteiger partial charge in [-0.1, -0.05) is 19.9 Å². The third-order valence-electron chi connectivity index (χ3n) is 3.78. The van der Waals surface area contributed by atoms with Crippen LogP contribution in [0.3, 0.4) is 0 Å². The van der Waals surface area contributed by atoms with Gasteiger partial charge in [-0.15, -0.1) is 0 Å². The van der Waals surface area contributed by atoms with Crippen molar-refractivity contribution in [3.63, 3.8) is 0 Å². The Morgan fingerprint density at radius 2 is 1.71 bits per heavy atom. The molecule has 1 aromatic carbocycles. The topological polar surface area (TPSA) is 38.7 Å². The fourth-order valence-corrected chi connectivity index (χ4v) is 2.46. The first-order valence-electron chi connectivity index (χ1n) is 7.26. The highest BCUT2D eigenvalue weighted by Crippen LogP contribution is 2.27. The van der Waals surface area contributed by atoms with E-state index in [-0.39, 0.29) is 0 Å². The Balaban J connectivity index is 2.32. The van der Waals surface area contributed by atoms with E-state index in [4.69, 9.17) is 9.97 Å². The number of hydrogen-bond acceptors (Lipinski definition) is 3. The average Bonchev–Trinajstić information content (AvgIpc) is 2.48. The Bertz CT molecular complexity index is 792. The van der Waals surface area contributed by atoms with Crippen LogP contribution in [0.5, 0.6) is 0 Å². The smallest absolute Gasteiger partial charge is 0.178 e. The number of pyridine rings is 1. The van der Waals surface area contributed by atoms with Gasteiger partial charge in [-0.25, -0.2) is 9.97 Å². The molecule has 0 aliphatic heterocycles. The summed E-state index contributed by atoms with van der Waals surface area (Å²) in [6, 6.07) is 10.2. The van der Waals surface area contributed by atoms with Crippen LogP contribution in [0.2, 0.25) is 0 Å². The fourth-order valence-electron chi connectivity index (χ4n) is 2.46. The SMILES string of the molecule is Cc1cc2nc(-c3ccccn3)nc(C(C)C)c2cc1C. The van der Waals surface area contributed by atoms with Gasteiger partial charge in [-0.2, -0.15) is 0 Å². The first-order valence-corrected chi connectivity index (χ1v) is 7.26. The van der Waals surface area contributed by atoms with Crippen LogP contribution in [0.25, 0.3) is 22.4 Å². The van der Waals surface area contributed by atoms with Crippen LogP contribution in [0.1, 0.15) is 36.6 Å². The summed E-state index contributed by atoms with van der Waals surface area (Å²) in [4.78, 5) is 13.9. The molecule has 0 bridgehead atoms. The van der Waals surface area contributed by atoms with Crippen LogP contribution < -0.4 is 0 Å². The Labute approximate surface area is 125 Å². The van der Waals surface area contributed by atoms with Gasteiger partial charge in [0.15, 0.2) is 5.82 Å². The van der Waals surface area contributed by atoms with Crippen molar-refractivity contribution in [3.05, 3.63) is 53.3 Å². The third-order valence-corrected chi connectivity index (χ3v) is 3.78. The lowest BCUT2D eigenvalue weighted by Gasteiger charge is -2.13. The molecule has 2 heterocycles. The van der Waals surface area contributed by atoms with Gasteiger partial charge in [0.2, 0.25) is 0 Å². The predicted molar refractivity (Wildman–Crippen MR) is 86.3 cm³/mol. The zero-order valence-corrected chi connectivity index (χ0v) is 12.9. The van der Waals surface area contributed by atoms with Crippen molar-refractivity contribution in [2.45, 2.75) is 33.6 Å². The molecule has 0 aliphatic carbocycles. The zero-order chi connectivity index (χ0) is 15.0. The van der Waals surface area contributed by atoms with E-state index in [0.29, 0.717) is 11.7 Å². The molecule has 0 atom stereocenters. The van der Waals surface area contributed by atoms with E-state index in [0.717, 1.165) is 22.3 Å². The highest BCUT2D eigenvalue weighted by Gasteiger charge is 2.13. The summed E-state index contributed by atoms with van der Waals surface area (Å²) in [7, 11) is 0. The van der Waals surface area contributed by atoms with E-state index in [1.807, 2.05) is 18.2 Å². The highest BCUT2D eigenvalue weighted by molar-refractivity contribution is 5.84. The van der Waals surface area contributed by atoms with Crippen LogP contribution in [-0.4, -0.2) is 15.0 Å². The van der Waals surface area contributed by atoms with Gasteiger partial charge in [-0.3, -0.25) is 4.98 Å². The number of benzene rings is 1. The second-order valence-corrected chi connectivity index (χ2v) is 5.76. The van der Waals surface area contributed by atoms with Crippen molar-refractivity contribution in [3.8, 4) is 11.5 Å². The van der Waals surface area contributed by atoms with Crippen LogP contribution in [0.15, 0.2) is 36.5 Å². The quantitative estimate of drug-likeness (QED) is 0.695. The first-order chi connectivity index (χ1) is 10.1. The lowest BCUT2D eigenvalue weighted by Crippen LogP contribution is -2.01. The second-order valence-electron chi connectivity index (χ2n) is 5.76. The lowest BCUT2D eigenvalue weighted by molar-refractivity contribution is 0.830. The monoisotopic (exact) mass is 277 g/mol. The van der Waals surface area contributed by atoms with E-state index in [9.17, 15) is 0 Å². The molecule has 0 aliphatic rings. The number of nitrogens with zero attached hydrogens (tertiary/aromatic N) is 3. The van der Waals surface area contributed by atoms with E-state index >= 15 is 0 Å². The highest BCUT2D eigenvalue weighted by atomic mass is 14.9. The summed E-state index contributed by atoms with van der Waals surface area (Å²) in [6.07, 6.45) is 1.78. The second kappa shape index (κ2) is 5.24. The van der Waals surface area contributed by atoms with Gasteiger partial charge < -0.3 is 0 Å². The normalized spacial score (nSPS) is 11.3. The molecule has 0 saturated carbocycles. The minimum absolute atomic E-state index is 0.347. The molecule has 0 fully saturated rings. The predicted octanol–water partition coefficient (Wildman–Crippen LogP) is 4.43. The van der Waals surface area contributed by atoms with Crippen LogP contribution in [-0.2, 0) is 0 Å². The van der Waals surface area contributed by atoms with Crippen LogP contribution in [0, 0.1) is 13.8 Å². The number of aryl methyl sites for hydroxylation is 2. The molecule has 3 heteroatoms. The Morgan fingerprint density at radius 1 is 0.952 bits per heavy atom. The summed E-state index contributed by atoms with van der Waals surface area (Å²) in [6.45, 7) is 8.58. The summed E-state index contributed by atoms with van der Waals surface area (Å²) in [5.74, 6) is 1.05. The lowest BCUT2D eigenvalue weighted by atomic mass is 10.00. The molecule has 0 unspecified atom stereocenters. The largest absolute Gasteiger partial charge is 0.253 e. The van der Waals surface area contributed by atoms with Crippen molar-refractivity contribution in [2.75, 3.05) is 0 Å².